The Morgan fingerprint density at radius 2 is 1.32 bits per heavy atom. The van der Waals surface area contributed by atoms with Crippen molar-refractivity contribution in [3.05, 3.63) is 11.1 Å². The molecule has 0 bridgehead atoms. The van der Waals surface area contributed by atoms with Gasteiger partial charge in [-0.1, -0.05) is 0 Å². The predicted molar refractivity (Wildman–Crippen MR) is 65.0 cm³/mol. The molecule has 19 heavy (non-hydrogen) atoms. The number of aromatic carboxylic acids is 1. The highest BCUT2D eigenvalue weighted by atomic mass is 16.5. The lowest BCUT2D eigenvalue weighted by atomic mass is 10.0. The van der Waals surface area contributed by atoms with E-state index in [1.54, 1.807) is 0 Å². The Morgan fingerprint density at radius 3 is 1.63 bits per heavy atom. The minimum Gasteiger partial charge on any atom is -0.492 e. The zero-order valence-electron chi connectivity index (χ0n) is 11.0. The molecule has 0 aromatic heterocycles. The Bertz CT molecular complexity index is 508. The van der Waals surface area contributed by atoms with Crippen LogP contribution >= 0.6 is 0 Å². The highest BCUT2D eigenvalue weighted by Crippen LogP contribution is 2.48. The number of hydrogen-bond donors (Lipinski definition) is 1. The first-order valence-corrected chi connectivity index (χ1v) is 5.15. The van der Waals surface area contributed by atoms with E-state index >= 15 is 0 Å². The van der Waals surface area contributed by atoms with E-state index in [4.69, 9.17) is 18.9 Å². The third kappa shape index (κ3) is 2.26. The van der Waals surface area contributed by atoms with Crippen LogP contribution in [-0.4, -0.2) is 45.8 Å². The Kier molecular flexibility index (Phi) is 4.57. The summed E-state index contributed by atoms with van der Waals surface area (Å²) < 4.78 is 20.2. The first-order valence-electron chi connectivity index (χ1n) is 5.15. The summed E-state index contributed by atoms with van der Waals surface area (Å²) in [6, 6.07) is 0. The van der Waals surface area contributed by atoms with Gasteiger partial charge in [-0.3, -0.25) is 4.79 Å². The van der Waals surface area contributed by atoms with Gasteiger partial charge in [-0.25, -0.2) is 4.79 Å². The van der Waals surface area contributed by atoms with Crippen molar-refractivity contribution in [2.75, 3.05) is 28.4 Å². The molecule has 0 radical (unpaired) electrons. The molecule has 1 N–H and O–H groups in total. The summed E-state index contributed by atoms with van der Waals surface area (Å²) in [4.78, 5) is 22.5. The van der Waals surface area contributed by atoms with Gasteiger partial charge in [-0.15, -0.1) is 0 Å². The Morgan fingerprint density at radius 1 is 0.895 bits per heavy atom. The number of carbonyl (C=O) groups is 2. The monoisotopic (exact) mass is 270 g/mol. The molecule has 0 aliphatic rings. The summed E-state index contributed by atoms with van der Waals surface area (Å²) in [5.74, 6) is -1.32. The maximum atomic E-state index is 11.3. The minimum absolute atomic E-state index is 0.0208. The van der Waals surface area contributed by atoms with E-state index < -0.39 is 5.97 Å². The number of carboxylic acids is 1. The number of rotatable bonds is 6. The summed E-state index contributed by atoms with van der Waals surface area (Å²) >= 11 is 0. The van der Waals surface area contributed by atoms with Crippen molar-refractivity contribution in [2.45, 2.75) is 0 Å². The van der Waals surface area contributed by atoms with E-state index in [0.29, 0.717) is 6.29 Å². The molecule has 0 aliphatic heterocycles. The molecule has 104 valence electrons. The van der Waals surface area contributed by atoms with Crippen molar-refractivity contribution >= 4 is 12.3 Å². The minimum atomic E-state index is -1.33. The van der Waals surface area contributed by atoms with Crippen LogP contribution in [0.4, 0.5) is 0 Å². The van der Waals surface area contributed by atoms with Gasteiger partial charge in [0.25, 0.3) is 0 Å². The van der Waals surface area contributed by atoms with Crippen LogP contribution in [0.15, 0.2) is 0 Å². The molecule has 7 nitrogen and oxygen atoms in total. The van der Waals surface area contributed by atoms with Gasteiger partial charge in [-0.05, 0) is 0 Å². The molecule has 7 heteroatoms. The molecule has 0 spiro atoms. The number of aldehydes is 1. The van der Waals surface area contributed by atoms with Gasteiger partial charge in [0.1, 0.15) is 5.56 Å². The maximum absolute atomic E-state index is 11.3. The molecule has 0 amide bonds. The van der Waals surface area contributed by atoms with Gasteiger partial charge in [0, 0.05) is 0 Å². The average molecular weight is 270 g/mol. The summed E-state index contributed by atoms with van der Waals surface area (Å²) in [7, 11) is 5.23. The Hall–Kier alpha value is -2.44. The largest absolute Gasteiger partial charge is 0.492 e. The second kappa shape index (κ2) is 5.94. The Labute approximate surface area is 109 Å². The van der Waals surface area contributed by atoms with Crippen LogP contribution in [0, 0.1) is 0 Å². The predicted octanol–water partition coefficient (Wildman–Crippen LogP) is 1.23. The molecule has 1 aromatic carbocycles. The van der Waals surface area contributed by atoms with Gasteiger partial charge in [0.05, 0.1) is 34.0 Å². The van der Waals surface area contributed by atoms with E-state index in [1.807, 2.05) is 0 Å². The molecular weight excluding hydrogens is 256 g/mol. The van der Waals surface area contributed by atoms with Crippen LogP contribution in [0.5, 0.6) is 23.0 Å². The normalized spacial score (nSPS) is 9.68. The lowest BCUT2D eigenvalue weighted by Gasteiger charge is -2.19. The zero-order chi connectivity index (χ0) is 14.6. The van der Waals surface area contributed by atoms with Crippen LogP contribution in [0.1, 0.15) is 20.7 Å². The van der Waals surface area contributed by atoms with Crippen LogP contribution in [0.25, 0.3) is 0 Å². The number of benzene rings is 1. The van der Waals surface area contributed by atoms with Gasteiger partial charge in [-0.2, -0.15) is 0 Å². The van der Waals surface area contributed by atoms with Crippen molar-refractivity contribution in [1.82, 2.24) is 0 Å². The second-order valence-electron chi connectivity index (χ2n) is 3.34. The van der Waals surface area contributed by atoms with Crippen molar-refractivity contribution in [2.24, 2.45) is 0 Å². The fourth-order valence-electron chi connectivity index (χ4n) is 1.77. The van der Waals surface area contributed by atoms with Crippen molar-refractivity contribution < 1.29 is 33.6 Å². The molecule has 0 heterocycles. The van der Waals surface area contributed by atoms with Gasteiger partial charge < -0.3 is 24.1 Å². The number of hydrogen-bond acceptors (Lipinski definition) is 6. The number of carbonyl (C=O) groups excluding carboxylic acids is 1. The standard InChI is InChI=1S/C12H14O7/c1-16-8-6(5-13)7(12(14)15)9(17-2)11(19-4)10(8)18-3/h5H,1-4H3,(H,14,15). The van der Waals surface area contributed by atoms with E-state index in [1.165, 1.54) is 28.4 Å². The fourth-order valence-corrected chi connectivity index (χ4v) is 1.77. The Balaban J connectivity index is 3.90. The summed E-state index contributed by atoms with van der Waals surface area (Å²) in [6.07, 6.45) is 0.368. The zero-order valence-corrected chi connectivity index (χ0v) is 11.0. The molecule has 0 atom stereocenters. The topological polar surface area (TPSA) is 91.3 Å². The van der Waals surface area contributed by atoms with Crippen molar-refractivity contribution in [3.8, 4) is 23.0 Å². The molecule has 1 aromatic rings. The molecule has 0 unspecified atom stereocenters. The second-order valence-corrected chi connectivity index (χ2v) is 3.34. The van der Waals surface area contributed by atoms with Crippen molar-refractivity contribution in [1.29, 1.82) is 0 Å². The average Bonchev–Trinajstić information content (AvgIpc) is 2.43. The SMILES string of the molecule is COc1c(C=O)c(C(=O)O)c(OC)c(OC)c1OC. The first kappa shape index (κ1) is 14.6. The number of carboxylic acid groups (broad SMARTS) is 1. The highest BCUT2D eigenvalue weighted by molar-refractivity contribution is 6.04. The quantitative estimate of drug-likeness (QED) is 0.777. The third-order valence-electron chi connectivity index (χ3n) is 2.51. The van der Waals surface area contributed by atoms with Crippen molar-refractivity contribution in [3.63, 3.8) is 0 Å². The molecule has 0 aliphatic carbocycles. The number of ether oxygens (including phenoxy) is 4. The van der Waals surface area contributed by atoms with E-state index in [2.05, 4.69) is 0 Å². The first-order chi connectivity index (χ1) is 9.06. The lowest BCUT2D eigenvalue weighted by molar-refractivity contribution is 0.0688. The fraction of sp³-hybridized carbons (Fsp3) is 0.333. The smallest absolute Gasteiger partial charge is 0.340 e. The molecule has 1 rings (SSSR count). The highest BCUT2D eigenvalue weighted by Gasteiger charge is 2.30. The molecule has 0 saturated heterocycles. The summed E-state index contributed by atoms with van der Waals surface area (Å²) in [5.41, 5.74) is -0.517. The summed E-state index contributed by atoms with van der Waals surface area (Å²) in [6.45, 7) is 0. The maximum Gasteiger partial charge on any atom is 0.340 e. The number of methoxy groups -OCH3 is 4. The van der Waals surface area contributed by atoms with Gasteiger partial charge >= 0.3 is 5.97 Å². The molecular formula is C12H14O7. The van der Waals surface area contributed by atoms with Crippen LogP contribution in [0.3, 0.4) is 0 Å². The summed E-state index contributed by atoms with van der Waals surface area (Å²) in [5, 5.41) is 9.22. The van der Waals surface area contributed by atoms with E-state index in [-0.39, 0.29) is 34.1 Å². The van der Waals surface area contributed by atoms with Crippen LogP contribution in [0.2, 0.25) is 0 Å². The molecule has 0 saturated carbocycles. The van der Waals surface area contributed by atoms with Gasteiger partial charge in [0.2, 0.25) is 11.5 Å². The van der Waals surface area contributed by atoms with Crippen LogP contribution in [-0.2, 0) is 0 Å². The van der Waals surface area contributed by atoms with E-state index in [9.17, 15) is 14.7 Å². The molecule has 0 fully saturated rings. The van der Waals surface area contributed by atoms with Crippen LogP contribution < -0.4 is 18.9 Å². The van der Waals surface area contributed by atoms with E-state index in [0.717, 1.165) is 0 Å². The van der Waals surface area contributed by atoms with Gasteiger partial charge in [0.15, 0.2) is 17.8 Å². The third-order valence-corrected chi connectivity index (χ3v) is 2.51. The lowest BCUT2D eigenvalue weighted by Crippen LogP contribution is -2.10.